The number of nitrogens with two attached hydrogens (primary N) is 1. The third kappa shape index (κ3) is 5.09. The van der Waals surface area contributed by atoms with Crippen LogP contribution in [0.4, 0.5) is 0 Å². The molecule has 19 heavy (non-hydrogen) atoms. The zero-order valence-corrected chi connectivity index (χ0v) is 12.1. The van der Waals surface area contributed by atoms with Gasteiger partial charge in [-0.3, -0.25) is 9.69 Å². The van der Waals surface area contributed by atoms with Crippen LogP contribution in [0, 0.1) is 0 Å². The number of carbonyl (C=O) groups is 1. The van der Waals surface area contributed by atoms with Crippen molar-refractivity contribution in [3.05, 3.63) is 0 Å². The van der Waals surface area contributed by atoms with Crippen LogP contribution in [0.2, 0.25) is 0 Å². The zero-order chi connectivity index (χ0) is 13.7. The third-order valence-electron chi connectivity index (χ3n) is 4.14. The van der Waals surface area contributed by atoms with Crippen LogP contribution in [-0.4, -0.2) is 67.1 Å². The highest BCUT2D eigenvalue weighted by Crippen LogP contribution is 2.08. The van der Waals surface area contributed by atoms with E-state index < -0.39 is 0 Å². The lowest BCUT2D eigenvalue weighted by Gasteiger charge is -2.30. The molecular formula is C14H28N4O. The highest BCUT2D eigenvalue weighted by molar-refractivity contribution is 5.78. The first kappa shape index (κ1) is 14.8. The van der Waals surface area contributed by atoms with Crippen LogP contribution < -0.4 is 11.1 Å². The van der Waals surface area contributed by atoms with E-state index in [9.17, 15) is 4.79 Å². The van der Waals surface area contributed by atoms with E-state index >= 15 is 0 Å². The molecule has 2 saturated heterocycles. The van der Waals surface area contributed by atoms with Gasteiger partial charge in [-0.1, -0.05) is 0 Å². The van der Waals surface area contributed by atoms with Crippen molar-refractivity contribution >= 4 is 5.91 Å². The van der Waals surface area contributed by atoms with Gasteiger partial charge in [0.1, 0.15) is 0 Å². The maximum absolute atomic E-state index is 12.0. The molecule has 0 spiro atoms. The molecule has 1 unspecified atom stereocenters. The fraction of sp³-hybridized carbons (Fsp3) is 0.929. The molecule has 5 heteroatoms. The Morgan fingerprint density at radius 3 is 2.47 bits per heavy atom. The number of nitrogens with zero attached hydrogens (tertiary/aromatic N) is 2. The van der Waals surface area contributed by atoms with Crippen LogP contribution in [0.1, 0.15) is 32.6 Å². The lowest BCUT2D eigenvalue weighted by Crippen LogP contribution is -2.48. The van der Waals surface area contributed by atoms with Crippen LogP contribution >= 0.6 is 0 Å². The number of nitrogens with one attached hydrogen (secondary N) is 1. The summed E-state index contributed by atoms with van der Waals surface area (Å²) in [6.45, 7) is 7.88. The number of rotatable bonds is 5. The van der Waals surface area contributed by atoms with E-state index in [1.165, 1.54) is 25.9 Å². The molecule has 0 saturated carbocycles. The average Bonchev–Trinajstić information content (AvgIpc) is 2.84. The van der Waals surface area contributed by atoms with E-state index in [0.29, 0.717) is 12.6 Å². The number of hydrogen-bond donors (Lipinski definition) is 2. The van der Waals surface area contributed by atoms with E-state index in [2.05, 4.69) is 22.0 Å². The van der Waals surface area contributed by atoms with Crippen molar-refractivity contribution in [3.63, 3.8) is 0 Å². The van der Waals surface area contributed by atoms with Crippen molar-refractivity contribution < 1.29 is 4.79 Å². The van der Waals surface area contributed by atoms with Crippen molar-refractivity contribution in [3.8, 4) is 0 Å². The first-order valence-corrected chi connectivity index (χ1v) is 7.63. The summed E-state index contributed by atoms with van der Waals surface area (Å²) in [5.74, 6) is 0.155. The van der Waals surface area contributed by atoms with Gasteiger partial charge < -0.3 is 16.0 Å². The second kappa shape index (κ2) is 7.22. The number of hydrogen-bond acceptors (Lipinski definition) is 4. The van der Waals surface area contributed by atoms with Gasteiger partial charge in [-0.15, -0.1) is 0 Å². The summed E-state index contributed by atoms with van der Waals surface area (Å²) in [6.07, 6.45) is 4.62. The predicted molar refractivity (Wildman–Crippen MR) is 76.9 cm³/mol. The summed E-state index contributed by atoms with van der Waals surface area (Å²) in [5, 5.41) is 3.11. The average molecular weight is 268 g/mol. The first-order chi connectivity index (χ1) is 9.13. The lowest BCUT2D eigenvalue weighted by atomic mass is 10.1. The topological polar surface area (TPSA) is 61.6 Å². The third-order valence-corrected chi connectivity index (χ3v) is 4.14. The smallest absolute Gasteiger partial charge is 0.234 e. The second-order valence-corrected chi connectivity index (χ2v) is 6.09. The number of amides is 1. The van der Waals surface area contributed by atoms with Gasteiger partial charge in [-0.25, -0.2) is 0 Å². The van der Waals surface area contributed by atoms with Crippen molar-refractivity contribution in [2.75, 3.05) is 39.3 Å². The van der Waals surface area contributed by atoms with Crippen LogP contribution in [-0.2, 0) is 4.79 Å². The monoisotopic (exact) mass is 268 g/mol. The Kier molecular flexibility index (Phi) is 5.60. The molecule has 1 amide bonds. The number of carbonyl (C=O) groups excluding carboxylic acids is 1. The Labute approximate surface area is 116 Å². The second-order valence-electron chi connectivity index (χ2n) is 6.09. The molecule has 3 N–H and O–H groups in total. The van der Waals surface area contributed by atoms with E-state index in [4.69, 9.17) is 5.73 Å². The SMILES string of the molecule is CC(CN1CCCC1)NC(=O)CN1CCC(N)CC1. The molecule has 0 bridgehead atoms. The normalized spacial score (nSPS) is 24.5. The molecule has 0 aromatic rings. The van der Waals surface area contributed by atoms with E-state index in [-0.39, 0.29) is 11.9 Å². The Hall–Kier alpha value is -0.650. The molecule has 0 aromatic heterocycles. The van der Waals surface area contributed by atoms with Gasteiger partial charge in [0.25, 0.3) is 0 Å². The van der Waals surface area contributed by atoms with E-state index in [1.807, 2.05) is 0 Å². The molecule has 5 nitrogen and oxygen atoms in total. The highest BCUT2D eigenvalue weighted by Gasteiger charge is 2.20. The summed E-state index contributed by atoms with van der Waals surface area (Å²) in [7, 11) is 0. The summed E-state index contributed by atoms with van der Waals surface area (Å²) >= 11 is 0. The van der Waals surface area contributed by atoms with Crippen molar-refractivity contribution in [2.24, 2.45) is 5.73 Å². The quantitative estimate of drug-likeness (QED) is 0.737. The molecule has 2 heterocycles. The largest absolute Gasteiger partial charge is 0.351 e. The van der Waals surface area contributed by atoms with Crippen molar-refractivity contribution in [2.45, 2.75) is 44.7 Å². The van der Waals surface area contributed by atoms with Crippen LogP contribution in [0.15, 0.2) is 0 Å². The Bertz CT molecular complexity index is 283. The van der Waals surface area contributed by atoms with Crippen LogP contribution in [0.25, 0.3) is 0 Å². The fourth-order valence-electron chi connectivity index (χ4n) is 3.03. The molecule has 0 aromatic carbocycles. The standard InChI is InChI=1S/C14H28N4O/c1-12(10-17-6-2-3-7-17)16-14(19)11-18-8-4-13(15)5-9-18/h12-13H,2-11,15H2,1H3,(H,16,19). The molecule has 2 aliphatic heterocycles. The van der Waals surface area contributed by atoms with Crippen molar-refractivity contribution in [1.29, 1.82) is 0 Å². The minimum atomic E-state index is 0.155. The van der Waals surface area contributed by atoms with Crippen LogP contribution in [0.3, 0.4) is 0 Å². The maximum atomic E-state index is 12.0. The van der Waals surface area contributed by atoms with Gasteiger partial charge in [0.2, 0.25) is 5.91 Å². The number of likely N-dealkylation sites (tertiary alicyclic amines) is 2. The fourth-order valence-corrected chi connectivity index (χ4v) is 3.03. The van der Waals surface area contributed by atoms with Gasteiger partial charge >= 0.3 is 0 Å². The summed E-state index contributed by atoms with van der Waals surface area (Å²) in [4.78, 5) is 16.6. The van der Waals surface area contributed by atoms with Crippen molar-refractivity contribution in [1.82, 2.24) is 15.1 Å². The predicted octanol–water partition coefficient (Wildman–Crippen LogP) is 0.0100. The molecule has 110 valence electrons. The van der Waals surface area contributed by atoms with Gasteiger partial charge in [-0.2, -0.15) is 0 Å². The Balaban J connectivity index is 1.62. The van der Waals surface area contributed by atoms with E-state index in [1.54, 1.807) is 0 Å². The molecule has 0 aliphatic carbocycles. The minimum absolute atomic E-state index is 0.155. The number of piperidine rings is 1. The highest BCUT2D eigenvalue weighted by atomic mass is 16.2. The lowest BCUT2D eigenvalue weighted by molar-refractivity contribution is -0.123. The van der Waals surface area contributed by atoms with Gasteiger partial charge in [0.05, 0.1) is 6.54 Å². The van der Waals surface area contributed by atoms with E-state index in [0.717, 1.165) is 32.5 Å². The molecular weight excluding hydrogens is 240 g/mol. The Morgan fingerprint density at radius 2 is 1.84 bits per heavy atom. The molecule has 1 atom stereocenters. The van der Waals surface area contributed by atoms with Gasteiger partial charge in [0.15, 0.2) is 0 Å². The van der Waals surface area contributed by atoms with Crippen LogP contribution in [0.5, 0.6) is 0 Å². The minimum Gasteiger partial charge on any atom is -0.351 e. The summed E-state index contributed by atoms with van der Waals surface area (Å²) < 4.78 is 0. The zero-order valence-electron chi connectivity index (χ0n) is 12.1. The first-order valence-electron chi connectivity index (χ1n) is 7.63. The van der Waals surface area contributed by atoms with Gasteiger partial charge in [-0.05, 0) is 45.7 Å². The summed E-state index contributed by atoms with van der Waals surface area (Å²) in [6, 6.07) is 0.575. The molecule has 2 fully saturated rings. The van der Waals surface area contributed by atoms with Gasteiger partial charge in [0, 0.05) is 31.7 Å². The molecule has 0 radical (unpaired) electrons. The molecule has 2 rings (SSSR count). The molecule has 2 aliphatic rings. The summed E-state index contributed by atoms with van der Waals surface area (Å²) in [5.41, 5.74) is 5.87. The maximum Gasteiger partial charge on any atom is 0.234 e. The Morgan fingerprint density at radius 1 is 1.21 bits per heavy atom.